The molecular formula is C16H23NO4S2. The van der Waals surface area contributed by atoms with Crippen molar-refractivity contribution in [3.63, 3.8) is 0 Å². The zero-order chi connectivity index (χ0) is 17.2. The minimum atomic E-state index is -3.86. The van der Waals surface area contributed by atoms with Crippen LogP contribution in [0.2, 0.25) is 0 Å². The minimum absolute atomic E-state index is 0.151. The third-order valence-corrected chi connectivity index (χ3v) is 8.14. The lowest BCUT2D eigenvalue weighted by Gasteiger charge is -2.34. The van der Waals surface area contributed by atoms with Gasteiger partial charge in [0, 0.05) is 6.61 Å². The van der Waals surface area contributed by atoms with Gasteiger partial charge in [-0.2, -0.15) is 0 Å². The third-order valence-electron chi connectivity index (χ3n) is 3.90. The second-order valence-corrected chi connectivity index (χ2v) is 9.33. The number of ether oxygens (including phenoxy) is 1. The van der Waals surface area contributed by atoms with Crippen molar-refractivity contribution in [3.05, 3.63) is 41.5 Å². The van der Waals surface area contributed by atoms with Crippen LogP contribution in [-0.4, -0.2) is 40.8 Å². The third kappa shape index (κ3) is 3.74. The molecule has 0 aliphatic carbocycles. The van der Waals surface area contributed by atoms with E-state index in [4.69, 9.17) is 4.74 Å². The summed E-state index contributed by atoms with van der Waals surface area (Å²) < 4.78 is 45.2. The maximum atomic E-state index is 13.0. The molecule has 1 aliphatic rings. The van der Waals surface area contributed by atoms with E-state index in [9.17, 15) is 12.6 Å². The molecule has 0 amide bonds. The van der Waals surface area contributed by atoms with Gasteiger partial charge in [0.2, 0.25) is 0 Å². The van der Waals surface area contributed by atoms with Crippen molar-refractivity contribution >= 4 is 21.0 Å². The van der Waals surface area contributed by atoms with E-state index in [1.54, 1.807) is 31.2 Å². The van der Waals surface area contributed by atoms with Crippen molar-refractivity contribution in [2.75, 3.05) is 13.2 Å². The predicted octanol–water partition coefficient (Wildman–Crippen LogP) is 2.40. The first-order chi connectivity index (χ1) is 10.8. The number of aryl methyl sites for hydroxylation is 1. The molecule has 3 atom stereocenters. The Morgan fingerprint density at radius 3 is 2.39 bits per heavy atom. The molecule has 23 heavy (non-hydrogen) atoms. The van der Waals surface area contributed by atoms with Crippen LogP contribution in [0.4, 0.5) is 0 Å². The van der Waals surface area contributed by atoms with Crippen LogP contribution in [0.1, 0.15) is 26.3 Å². The molecule has 0 fully saturated rings. The highest BCUT2D eigenvalue weighted by Gasteiger charge is 2.41. The molecule has 1 aromatic carbocycles. The highest BCUT2D eigenvalue weighted by molar-refractivity contribution is 8.01. The average Bonchev–Trinajstić information content (AvgIpc) is 2.50. The lowest BCUT2D eigenvalue weighted by Crippen LogP contribution is -2.49. The molecule has 5 nitrogen and oxygen atoms in total. The van der Waals surface area contributed by atoms with Gasteiger partial charge in [0.15, 0.2) is 0 Å². The van der Waals surface area contributed by atoms with Crippen LogP contribution in [0.3, 0.4) is 0 Å². The monoisotopic (exact) mass is 357 g/mol. The normalized spacial score (nSPS) is 26.1. The molecule has 0 N–H and O–H groups in total. The average molecular weight is 357 g/mol. The molecule has 0 saturated carbocycles. The van der Waals surface area contributed by atoms with Crippen LogP contribution in [0.25, 0.3) is 0 Å². The van der Waals surface area contributed by atoms with E-state index < -0.39 is 27.1 Å². The lowest BCUT2D eigenvalue weighted by molar-refractivity contribution is 0.127. The molecule has 7 heteroatoms. The molecule has 128 valence electrons. The van der Waals surface area contributed by atoms with Gasteiger partial charge in [-0.25, -0.2) is 12.6 Å². The van der Waals surface area contributed by atoms with Gasteiger partial charge < -0.3 is 4.74 Å². The van der Waals surface area contributed by atoms with E-state index in [0.717, 1.165) is 14.8 Å². The predicted molar refractivity (Wildman–Crippen MR) is 91.8 cm³/mol. The Morgan fingerprint density at radius 2 is 1.83 bits per heavy atom. The standard InChI is InChI=1S/C16H23NO4S2/c1-5-21-11-15-10-13(3)14(4)22(18)17(15)23(19,20)16-8-6-12(2)7-9-16/h6-10,14-15H,5,11H2,1-4H3. The number of nitrogens with zero attached hydrogens (tertiary/aromatic N) is 1. The summed E-state index contributed by atoms with van der Waals surface area (Å²) in [7, 11) is -5.52. The number of hydrogen-bond acceptors (Lipinski definition) is 4. The van der Waals surface area contributed by atoms with Crippen LogP contribution in [0, 0.1) is 6.92 Å². The first-order valence-corrected chi connectivity index (χ1v) is 10.2. The molecule has 3 unspecified atom stereocenters. The van der Waals surface area contributed by atoms with Crippen molar-refractivity contribution in [1.82, 2.24) is 3.71 Å². The summed E-state index contributed by atoms with van der Waals surface area (Å²) in [6.45, 7) is 8.05. The van der Waals surface area contributed by atoms with E-state index in [0.29, 0.717) is 6.61 Å². The van der Waals surface area contributed by atoms with Crippen LogP contribution in [0.5, 0.6) is 0 Å². The quantitative estimate of drug-likeness (QED) is 0.759. The van der Waals surface area contributed by atoms with Gasteiger partial charge in [-0.3, -0.25) is 0 Å². The number of sulfonamides is 1. The number of rotatable bonds is 5. The largest absolute Gasteiger partial charge is 0.380 e. The Hall–Kier alpha value is -1.02. The molecule has 1 aliphatic heterocycles. The Balaban J connectivity index is 2.47. The molecule has 0 bridgehead atoms. The Morgan fingerprint density at radius 1 is 1.22 bits per heavy atom. The van der Waals surface area contributed by atoms with Crippen molar-refractivity contribution in [2.45, 2.75) is 43.9 Å². The van der Waals surface area contributed by atoms with Crippen molar-refractivity contribution in [1.29, 1.82) is 0 Å². The van der Waals surface area contributed by atoms with Crippen molar-refractivity contribution in [2.24, 2.45) is 0 Å². The molecular weight excluding hydrogens is 334 g/mol. The van der Waals surface area contributed by atoms with Crippen LogP contribution in [-0.2, 0) is 25.7 Å². The van der Waals surface area contributed by atoms with E-state index in [-0.39, 0.29) is 16.8 Å². The van der Waals surface area contributed by atoms with Crippen LogP contribution in [0.15, 0.2) is 40.8 Å². The molecule has 0 radical (unpaired) electrons. The summed E-state index contributed by atoms with van der Waals surface area (Å²) in [6.07, 6.45) is 1.84. The van der Waals surface area contributed by atoms with Gasteiger partial charge >= 0.3 is 0 Å². The summed E-state index contributed by atoms with van der Waals surface area (Å²) in [4.78, 5) is 0.151. The number of benzene rings is 1. The van der Waals surface area contributed by atoms with Gasteiger partial charge in [-0.05, 0) is 39.8 Å². The Kier molecular flexibility index (Phi) is 5.78. The fourth-order valence-corrected chi connectivity index (χ4v) is 6.07. The maximum Gasteiger partial charge on any atom is 0.254 e. The number of hydrogen-bond donors (Lipinski definition) is 0. The molecule has 2 rings (SSSR count). The summed E-state index contributed by atoms with van der Waals surface area (Å²) in [5.74, 6) is 0. The van der Waals surface area contributed by atoms with Crippen LogP contribution >= 0.6 is 0 Å². The minimum Gasteiger partial charge on any atom is -0.380 e. The first-order valence-electron chi connectivity index (χ1n) is 7.57. The summed E-state index contributed by atoms with van der Waals surface area (Å²) in [5, 5.41) is -0.340. The summed E-state index contributed by atoms with van der Waals surface area (Å²) in [6, 6.07) is 6.02. The topological polar surface area (TPSA) is 63.7 Å². The van der Waals surface area contributed by atoms with Gasteiger partial charge in [0.1, 0.15) is 11.0 Å². The first kappa shape index (κ1) is 18.3. The fourth-order valence-electron chi connectivity index (χ4n) is 2.38. The smallest absolute Gasteiger partial charge is 0.254 e. The molecule has 1 aromatic rings. The molecule has 1 heterocycles. The van der Waals surface area contributed by atoms with Crippen molar-refractivity contribution < 1.29 is 17.4 Å². The Labute approximate surface area is 141 Å². The second kappa shape index (κ2) is 7.25. The lowest BCUT2D eigenvalue weighted by atomic mass is 10.1. The Bertz CT molecular complexity index is 710. The SMILES string of the molecule is CCOCC1C=C(C)C(C)S(=O)N1S(=O)(=O)c1ccc(C)cc1. The summed E-state index contributed by atoms with van der Waals surface area (Å²) >= 11 is 0. The van der Waals surface area contributed by atoms with Gasteiger partial charge in [0.05, 0.1) is 22.8 Å². The van der Waals surface area contributed by atoms with Crippen LogP contribution < -0.4 is 0 Å². The van der Waals surface area contributed by atoms with E-state index in [1.165, 1.54) is 0 Å². The van der Waals surface area contributed by atoms with E-state index >= 15 is 0 Å². The zero-order valence-electron chi connectivity index (χ0n) is 13.9. The van der Waals surface area contributed by atoms with Gasteiger partial charge in [0.25, 0.3) is 10.0 Å². The van der Waals surface area contributed by atoms with E-state index in [2.05, 4.69) is 0 Å². The molecule has 0 spiro atoms. The summed E-state index contributed by atoms with van der Waals surface area (Å²) in [5.41, 5.74) is 1.89. The van der Waals surface area contributed by atoms with E-state index in [1.807, 2.05) is 26.8 Å². The fraction of sp³-hybridized carbons (Fsp3) is 0.500. The zero-order valence-corrected chi connectivity index (χ0v) is 15.5. The van der Waals surface area contributed by atoms with Crippen molar-refractivity contribution in [3.8, 4) is 0 Å². The second-order valence-electron chi connectivity index (χ2n) is 5.63. The van der Waals surface area contributed by atoms with Gasteiger partial charge in [-0.15, -0.1) is 3.71 Å². The maximum absolute atomic E-state index is 13.0. The molecule has 0 aromatic heterocycles. The highest BCUT2D eigenvalue weighted by Crippen LogP contribution is 2.29. The molecule has 0 saturated heterocycles. The highest BCUT2D eigenvalue weighted by atomic mass is 32.3. The van der Waals surface area contributed by atoms with Gasteiger partial charge in [-0.1, -0.05) is 29.3 Å².